The lowest BCUT2D eigenvalue weighted by Gasteiger charge is -2.31. The van der Waals surface area contributed by atoms with E-state index in [1.807, 2.05) is 12.4 Å². The van der Waals surface area contributed by atoms with E-state index in [0.717, 1.165) is 24.4 Å². The molecular formula is C34H42N4OS. The van der Waals surface area contributed by atoms with Crippen LogP contribution in [0.3, 0.4) is 0 Å². The standard InChI is InChI=1S/C34H42N4OS/c1-21-16-22(2)18-25(17-21)31-30(23(3)20-36-15-12-24-10-13-35-14-11-24)28-19-29(40-32(28)37-31)34(4,5)33(39)38-26-6-7-27(38)9-8-26/h10-11,13-14,16-19,23,26-27,36-37H,6-9,12,15,20H2,1-5H3/t23-,26?,27?/m1/s1. The van der Waals surface area contributed by atoms with E-state index in [9.17, 15) is 4.79 Å². The van der Waals surface area contributed by atoms with Crippen molar-refractivity contribution >= 4 is 27.5 Å². The van der Waals surface area contributed by atoms with Crippen LogP contribution in [0.25, 0.3) is 21.5 Å². The SMILES string of the molecule is Cc1cc(C)cc(-c2[nH]c3sc(C(C)(C)C(=O)N4C5CCC4CC5)cc3c2[C@H](C)CNCCc2ccncc2)c1. The number of fused-ring (bicyclic) bond motifs is 3. The third-order valence-corrected chi connectivity index (χ3v) is 10.5. The molecule has 2 bridgehead atoms. The summed E-state index contributed by atoms with van der Waals surface area (Å²) in [5.41, 5.74) is 7.12. The molecule has 2 aliphatic heterocycles. The second-order valence-electron chi connectivity index (χ2n) is 12.7. The number of benzene rings is 1. The number of rotatable bonds is 9. The Labute approximate surface area is 242 Å². The van der Waals surface area contributed by atoms with Gasteiger partial charge in [0.2, 0.25) is 5.91 Å². The number of aryl methyl sites for hydroxylation is 2. The van der Waals surface area contributed by atoms with Crippen LogP contribution >= 0.6 is 11.3 Å². The zero-order valence-corrected chi connectivity index (χ0v) is 25.3. The van der Waals surface area contributed by atoms with Gasteiger partial charge in [-0.15, -0.1) is 11.3 Å². The molecule has 2 saturated heterocycles. The van der Waals surface area contributed by atoms with Crippen LogP contribution in [0.5, 0.6) is 0 Å². The topological polar surface area (TPSA) is 61.0 Å². The average molecular weight is 555 g/mol. The molecule has 1 amide bonds. The van der Waals surface area contributed by atoms with Crippen molar-refractivity contribution in [2.75, 3.05) is 13.1 Å². The van der Waals surface area contributed by atoms with Crippen molar-refractivity contribution in [2.45, 2.75) is 90.1 Å². The molecule has 6 rings (SSSR count). The number of carbonyl (C=O) groups excluding carboxylic acids is 1. The molecule has 0 radical (unpaired) electrons. The largest absolute Gasteiger partial charge is 0.346 e. The summed E-state index contributed by atoms with van der Waals surface area (Å²) in [5, 5.41) is 4.97. The molecule has 0 unspecified atom stereocenters. The van der Waals surface area contributed by atoms with Gasteiger partial charge in [0.1, 0.15) is 4.83 Å². The number of thiophene rings is 1. The van der Waals surface area contributed by atoms with Crippen LogP contribution in [0.4, 0.5) is 0 Å². The van der Waals surface area contributed by atoms with Crippen LogP contribution in [0.15, 0.2) is 48.8 Å². The number of pyridine rings is 1. The minimum Gasteiger partial charge on any atom is -0.346 e. The number of hydrogen-bond acceptors (Lipinski definition) is 4. The number of carbonyl (C=O) groups is 1. The van der Waals surface area contributed by atoms with Gasteiger partial charge in [-0.2, -0.15) is 0 Å². The van der Waals surface area contributed by atoms with Gasteiger partial charge in [-0.1, -0.05) is 24.1 Å². The zero-order chi connectivity index (χ0) is 28.0. The summed E-state index contributed by atoms with van der Waals surface area (Å²) in [6.45, 7) is 12.7. The van der Waals surface area contributed by atoms with Crippen LogP contribution in [0.1, 0.15) is 79.5 Å². The molecule has 5 nitrogen and oxygen atoms in total. The van der Waals surface area contributed by atoms with E-state index >= 15 is 0 Å². The molecule has 40 heavy (non-hydrogen) atoms. The lowest BCUT2D eigenvalue weighted by Crippen LogP contribution is -2.45. The fourth-order valence-corrected chi connectivity index (χ4v) is 8.21. The van der Waals surface area contributed by atoms with Crippen molar-refractivity contribution in [1.29, 1.82) is 0 Å². The van der Waals surface area contributed by atoms with E-state index in [1.165, 1.54) is 69.4 Å². The first-order chi connectivity index (χ1) is 19.2. The highest BCUT2D eigenvalue weighted by Crippen LogP contribution is 2.45. The Bertz CT molecular complexity index is 1480. The summed E-state index contributed by atoms with van der Waals surface area (Å²) < 4.78 is 0. The van der Waals surface area contributed by atoms with Gasteiger partial charge in [0.15, 0.2) is 0 Å². The van der Waals surface area contributed by atoms with Crippen molar-refractivity contribution in [3.63, 3.8) is 0 Å². The minimum atomic E-state index is -0.529. The Hall–Kier alpha value is -2.96. The Morgan fingerprint density at radius 3 is 2.38 bits per heavy atom. The number of nitrogens with one attached hydrogen (secondary N) is 2. The molecule has 4 aromatic rings. The van der Waals surface area contributed by atoms with E-state index in [-0.39, 0.29) is 0 Å². The van der Waals surface area contributed by atoms with Crippen LogP contribution in [-0.4, -0.2) is 45.9 Å². The molecule has 1 aromatic carbocycles. The molecule has 2 fully saturated rings. The smallest absolute Gasteiger partial charge is 0.233 e. The van der Waals surface area contributed by atoms with Crippen LogP contribution < -0.4 is 5.32 Å². The van der Waals surface area contributed by atoms with Gasteiger partial charge in [0, 0.05) is 41.3 Å². The Morgan fingerprint density at radius 1 is 1.07 bits per heavy atom. The first-order valence-electron chi connectivity index (χ1n) is 14.9. The molecule has 0 spiro atoms. The molecule has 2 aliphatic rings. The molecular weight excluding hydrogens is 512 g/mol. The summed E-state index contributed by atoms with van der Waals surface area (Å²) in [6.07, 6.45) is 9.40. The Morgan fingerprint density at radius 2 is 1.73 bits per heavy atom. The summed E-state index contributed by atoms with van der Waals surface area (Å²) in [7, 11) is 0. The Balaban J connectivity index is 1.31. The van der Waals surface area contributed by atoms with Crippen molar-refractivity contribution in [3.05, 3.63) is 75.9 Å². The maximum Gasteiger partial charge on any atom is 0.233 e. The quantitative estimate of drug-likeness (QED) is 0.214. The van der Waals surface area contributed by atoms with Crippen molar-refractivity contribution < 1.29 is 4.79 Å². The van der Waals surface area contributed by atoms with Crippen LogP contribution in [0.2, 0.25) is 0 Å². The van der Waals surface area contributed by atoms with E-state index < -0.39 is 5.41 Å². The number of hydrogen-bond donors (Lipinski definition) is 2. The Kier molecular flexibility index (Phi) is 7.34. The van der Waals surface area contributed by atoms with Crippen molar-refractivity contribution in [1.82, 2.24) is 20.2 Å². The van der Waals surface area contributed by atoms with Crippen LogP contribution in [-0.2, 0) is 16.6 Å². The monoisotopic (exact) mass is 554 g/mol. The fraction of sp³-hybridized carbons (Fsp3) is 0.471. The van der Waals surface area contributed by atoms with Gasteiger partial charge in [0.05, 0.1) is 11.1 Å². The molecule has 2 N–H and O–H groups in total. The predicted molar refractivity (Wildman–Crippen MR) is 166 cm³/mol. The number of H-pyrrole nitrogens is 1. The lowest BCUT2D eigenvalue weighted by molar-refractivity contribution is -0.137. The summed E-state index contributed by atoms with van der Waals surface area (Å²) in [5.74, 6) is 0.612. The zero-order valence-electron chi connectivity index (χ0n) is 24.5. The van der Waals surface area contributed by atoms with E-state index in [1.54, 1.807) is 11.3 Å². The van der Waals surface area contributed by atoms with Gasteiger partial charge in [-0.3, -0.25) is 9.78 Å². The number of nitrogens with zero attached hydrogens (tertiary/aromatic N) is 2. The van der Waals surface area contributed by atoms with Gasteiger partial charge in [-0.05, 0) is 119 Å². The normalized spacial score (nSPS) is 19.6. The average Bonchev–Trinajstić information content (AvgIpc) is 3.70. The highest BCUT2D eigenvalue weighted by Gasteiger charge is 2.47. The van der Waals surface area contributed by atoms with E-state index in [0.29, 0.717) is 23.9 Å². The number of aromatic amines is 1. The maximum atomic E-state index is 13.9. The predicted octanol–water partition coefficient (Wildman–Crippen LogP) is 7.28. The first kappa shape index (κ1) is 27.2. The second kappa shape index (κ2) is 10.8. The molecule has 1 atom stereocenters. The molecule has 6 heteroatoms. The molecule has 0 saturated carbocycles. The minimum absolute atomic E-state index is 0.303. The highest BCUT2D eigenvalue weighted by molar-refractivity contribution is 7.19. The third kappa shape index (κ3) is 5.01. The van der Waals surface area contributed by atoms with Crippen molar-refractivity contribution in [3.8, 4) is 11.3 Å². The third-order valence-electron chi connectivity index (χ3n) is 9.16. The van der Waals surface area contributed by atoms with E-state index in [4.69, 9.17) is 0 Å². The number of amides is 1. The molecule has 5 heterocycles. The summed E-state index contributed by atoms with van der Waals surface area (Å²) in [4.78, 5) is 26.4. The molecule has 210 valence electrons. The fourth-order valence-electron chi connectivity index (χ4n) is 7.04. The van der Waals surface area contributed by atoms with Gasteiger partial charge in [-0.25, -0.2) is 0 Å². The second-order valence-corrected chi connectivity index (χ2v) is 13.7. The van der Waals surface area contributed by atoms with Gasteiger partial charge in [0.25, 0.3) is 0 Å². The summed E-state index contributed by atoms with van der Waals surface area (Å²) in [6, 6.07) is 14.2. The maximum absolute atomic E-state index is 13.9. The van der Waals surface area contributed by atoms with Crippen LogP contribution in [0, 0.1) is 13.8 Å². The lowest BCUT2D eigenvalue weighted by atomic mass is 9.88. The molecule has 3 aromatic heterocycles. The molecule has 0 aliphatic carbocycles. The van der Waals surface area contributed by atoms with Gasteiger partial charge < -0.3 is 15.2 Å². The van der Waals surface area contributed by atoms with Gasteiger partial charge >= 0.3 is 0 Å². The summed E-state index contributed by atoms with van der Waals surface area (Å²) >= 11 is 1.77. The highest BCUT2D eigenvalue weighted by atomic mass is 32.1. The van der Waals surface area contributed by atoms with E-state index in [2.05, 4.69) is 91.2 Å². The van der Waals surface area contributed by atoms with Crippen molar-refractivity contribution in [2.24, 2.45) is 0 Å². The number of aromatic nitrogens is 2. The first-order valence-corrected chi connectivity index (χ1v) is 15.7.